The predicted molar refractivity (Wildman–Crippen MR) is 75.4 cm³/mol. The molecule has 94 valence electrons. The van der Waals surface area contributed by atoms with Crippen molar-refractivity contribution in [3.05, 3.63) is 41.2 Å². The van der Waals surface area contributed by atoms with Crippen LogP contribution in [-0.4, -0.2) is 10.1 Å². The molecule has 0 heterocycles. The topological polar surface area (TPSA) is 79.8 Å². The number of nitrogens with one attached hydrogen (secondary N) is 1. The third-order valence-corrected chi connectivity index (χ3v) is 3.14. The van der Waals surface area contributed by atoms with Crippen molar-refractivity contribution in [1.82, 2.24) is 0 Å². The van der Waals surface area contributed by atoms with E-state index in [1.54, 1.807) is 24.3 Å². The van der Waals surface area contributed by atoms with E-state index >= 15 is 0 Å². The zero-order valence-electron chi connectivity index (χ0n) is 10.1. The second-order valence-corrected chi connectivity index (χ2v) is 4.70. The van der Waals surface area contributed by atoms with Gasteiger partial charge in [-0.25, -0.2) is 0 Å². The van der Waals surface area contributed by atoms with Crippen LogP contribution in [-0.2, 0) is 0 Å². The number of benzene rings is 1. The SMILES string of the molecule is N#C/C(C(=S)Nc1ccc(C#N)cc1)=C(/O)C1CC1. The standard InChI is InChI=1S/C14H11N3OS/c15-7-9-1-5-11(6-2-9)17-14(19)12(8-16)13(18)10-3-4-10/h1-2,5-6,10,18H,3-4H2,(H,17,19)/b13-12-. The number of rotatable bonds is 3. The Hall–Kier alpha value is -2.37. The maximum absolute atomic E-state index is 9.87. The third kappa shape index (κ3) is 3.09. The highest BCUT2D eigenvalue weighted by atomic mass is 32.1. The van der Waals surface area contributed by atoms with E-state index in [9.17, 15) is 5.11 Å². The van der Waals surface area contributed by atoms with Gasteiger partial charge in [0, 0.05) is 11.6 Å². The van der Waals surface area contributed by atoms with Crippen molar-refractivity contribution < 1.29 is 5.11 Å². The summed E-state index contributed by atoms with van der Waals surface area (Å²) in [5.41, 5.74) is 1.36. The number of aliphatic hydroxyl groups is 1. The third-order valence-electron chi connectivity index (χ3n) is 2.83. The molecule has 1 saturated carbocycles. The van der Waals surface area contributed by atoms with Crippen LogP contribution in [0.2, 0.25) is 0 Å². The zero-order chi connectivity index (χ0) is 13.8. The lowest BCUT2D eigenvalue weighted by molar-refractivity contribution is 0.377. The first-order chi connectivity index (χ1) is 9.15. The van der Waals surface area contributed by atoms with Gasteiger partial charge in [-0.1, -0.05) is 12.2 Å². The van der Waals surface area contributed by atoms with Crippen molar-refractivity contribution in [3.8, 4) is 12.1 Å². The first-order valence-corrected chi connectivity index (χ1v) is 6.21. The minimum Gasteiger partial charge on any atom is -0.511 e. The predicted octanol–water partition coefficient (Wildman–Crippen LogP) is 3.04. The number of aliphatic hydroxyl groups excluding tert-OH is 1. The number of nitriles is 2. The highest BCUT2D eigenvalue weighted by Gasteiger charge is 2.29. The van der Waals surface area contributed by atoms with Crippen LogP contribution in [0.4, 0.5) is 5.69 Å². The molecule has 0 atom stereocenters. The maximum atomic E-state index is 9.87. The van der Waals surface area contributed by atoms with Crippen molar-refractivity contribution in [2.75, 3.05) is 5.32 Å². The van der Waals surface area contributed by atoms with Crippen LogP contribution in [0.25, 0.3) is 0 Å². The van der Waals surface area contributed by atoms with Gasteiger partial charge in [-0.15, -0.1) is 0 Å². The molecule has 1 aliphatic rings. The Kier molecular flexibility index (Phi) is 3.79. The monoisotopic (exact) mass is 269 g/mol. The minimum absolute atomic E-state index is 0.0774. The van der Waals surface area contributed by atoms with Crippen LogP contribution in [0.1, 0.15) is 18.4 Å². The molecular weight excluding hydrogens is 258 g/mol. The van der Waals surface area contributed by atoms with Gasteiger partial charge in [0.15, 0.2) is 0 Å². The molecule has 4 nitrogen and oxygen atoms in total. The molecule has 0 aromatic heterocycles. The van der Waals surface area contributed by atoms with Gasteiger partial charge in [-0.2, -0.15) is 10.5 Å². The van der Waals surface area contributed by atoms with Crippen LogP contribution < -0.4 is 5.32 Å². The molecule has 0 bridgehead atoms. The highest BCUT2D eigenvalue weighted by Crippen LogP contribution is 2.36. The van der Waals surface area contributed by atoms with Gasteiger partial charge in [-0.3, -0.25) is 0 Å². The zero-order valence-corrected chi connectivity index (χ0v) is 10.9. The summed E-state index contributed by atoms with van der Waals surface area (Å²) in [6.45, 7) is 0. The second-order valence-electron chi connectivity index (χ2n) is 4.29. The van der Waals surface area contributed by atoms with Gasteiger partial charge < -0.3 is 10.4 Å². The summed E-state index contributed by atoms with van der Waals surface area (Å²) < 4.78 is 0. The molecule has 0 saturated heterocycles. The molecule has 5 heteroatoms. The second kappa shape index (κ2) is 5.51. The Balaban J connectivity index is 2.14. The summed E-state index contributed by atoms with van der Waals surface area (Å²) in [5.74, 6) is 0.156. The van der Waals surface area contributed by atoms with E-state index in [4.69, 9.17) is 22.7 Å². The van der Waals surface area contributed by atoms with E-state index in [0.717, 1.165) is 12.8 Å². The lowest BCUT2D eigenvalue weighted by Gasteiger charge is -2.08. The smallest absolute Gasteiger partial charge is 0.125 e. The van der Waals surface area contributed by atoms with Gasteiger partial charge in [-0.05, 0) is 37.1 Å². The summed E-state index contributed by atoms with van der Waals surface area (Å²) >= 11 is 5.12. The fraction of sp³-hybridized carbons (Fsp3) is 0.214. The average Bonchev–Trinajstić information content (AvgIpc) is 3.24. The molecule has 1 aliphatic carbocycles. The fourth-order valence-electron chi connectivity index (χ4n) is 1.61. The Morgan fingerprint density at radius 2 is 1.89 bits per heavy atom. The normalized spacial score (nSPS) is 14.8. The fourth-order valence-corrected chi connectivity index (χ4v) is 1.88. The van der Waals surface area contributed by atoms with Crippen molar-refractivity contribution in [1.29, 1.82) is 10.5 Å². The Morgan fingerprint density at radius 1 is 1.26 bits per heavy atom. The Morgan fingerprint density at radius 3 is 2.37 bits per heavy atom. The van der Waals surface area contributed by atoms with E-state index in [1.807, 2.05) is 12.1 Å². The summed E-state index contributed by atoms with van der Waals surface area (Å²) in [4.78, 5) is 0.205. The quantitative estimate of drug-likeness (QED) is 0.381. The van der Waals surface area contributed by atoms with Gasteiger partial charge in [0.05, 0.1) is 11.6 Å². The highest BCUT2D eigenvalue weighted by molar-refractivity contribution is 7.81. The van der Waals surface area contributed by atoms with Crippen LogP contribution in [0.5, 0.6) is 0 Å². The molecule has 2 rings (SSSR count). The van der Waals surface area contributed by atoms with E-state index in [-0.39, 0.29) is 22.2 Å². The van der Waals surface area contributed by atoms with Gasteiger partial charge in [0.25, 0.3) is 0 Å². The molecule has 0 unspecified atom stereocenters. The van der Waals surface area contributed by atoms with E-state index in [2.05, 4.69) is 5.32 Å². The van der Waals surface area contributed by atoms with Crippen molar-refractivity contribution in [2.24, 2.45) is 5.92 Å². The van der Waals surface area contributed by atoms with E-state index in [0.29, 0.717) is 11.3 Å². The van der Waals surface area contributed by atoms with Gasteiger partial charge in [0.2, 0.25) is 0 Å². The molecule has 1 fully saturated rings. The number of thiocarbonyl (C=S) groups is 1. The summed E-state index contributed by atoms with van der Waals surface area (Å²) in [6.07, 6.45) is 1.80. The number of hydrogen-bond acceptors (Lipinski definition) is 4. The largest absolute Gasteiger partial charge is 0.511 e. The Labute approximate surface area is 116 Å². The Bertz CT molecular complexity index is 616. The van der Waals surface area contributed by atoms with Crippen LogP contribution in [0.3, 0.4) is 0 Å². The number of anilines is 1. The molecule has 19 heavy (non-hydrogen) atoms. The van der Waals surface area contributed by atoms with Crippen molar-refractivity contribution in [3.63, 3.8) is 0 Å². The first-order valence-electron chi connectivity index (χ1n) is 5.80. The molecule has 0 amide bonds. The lowest BCUT2D eigenvalue weighted by atomic mass is 10.1. The number of nitrogens with zero attached hydrogens (tertiary/aromatic N) is 2. The summed E-state index contributed by atoms with van der Waals surface area (Å²) in [7, 11) is 0. The summed E-state index contributed by atoms with van der Waals surface area (Å²) in [5, 5.41) is 30.5. The van der Waals surface area contributed by atoms with Crippen LogP contribution >= 0.6 is 12.2 Å². The molecule has 1 aromatic rings. The average molecular weight is 269 g/mol. The van der Waals surface area contributed by atoms with E-state index < -0.39 is 0 Å². The molecule has 0 spiro atoms. The van der Waals surface area contributed by atoms with Gasteiger partial charge in [0.1, 0.15) is 22.4 Å². The van der Waals surface area contributed by atoms with Crippen LogP contribution in [0.15, 0.2) is 35.6 Å². The van der Waals surface area contributed by atoms with Gasteiger partial charge >= 0.3 is 0 Å². The molecule has 2 N–H and O–H groups in total. The molecule has 1 aromatic carbocycles. The maximum Gasteiger partial charge on any atom is 0.125 e. The first kappa shape index (κ1) is 13.1. The molecule has 0 radical (unpaired) electrons. The molecular formula is C14H11N3OS. The van der Waals surface area contributed by atoms with Crippen molar-refractivity contribution >= 4 is 22.9 Å². The number of hydrogen-bond donors (Lipinski definition) is 2. The number of allylic oxidation sites excluding steroid dienone is 1. The molecule has 0 aliphatic heterocycles. The minimum atomic E-state index is 0.0774. The van der Waals surface area contributed by atoms with E-state index in [1.165, 1.54) is 0 Å². The summed E-state index contributed by atoms with van der Waals surface area (Å²) in [6, 6.07) is 10.7. The van der Waals surface area contributed by atoms with Crippen LogP contribution in [0, 0.1) is 28.6 Å². The lowest BCUT2D eigenvalue weighted by Crippen LogP contribution is -2.13. The van der Waals surface area contributed by atoms with Crippen molar-refractivity contribution in [2.45, 2.75) is 12.8 Å².